The van der Waals surface area contributed by atoms with E-state index in [4.69, 9.17) is 5.26 Å². The van der Waals surface area contributed by atoms with Gasteiger partial charge in [-0.25, -0.2) is 9.98 Å². The molecule has 1 aromatic heterocycles. The number of aliphatic imine (C=N–C) groups is 1. The summed E-state index contributed by atoms with van der Waals surface area (Å²) >= 11 is 0. The molecule has 1 heterocycles. The molecule has 0 aromatic carbocycles. The molecule has 0 unspecified atom stereocenters. The third-order valence-corrected chi connectivity index (χ3v) is 4.79. The van der Waals surface area contributed by atoms with Gasteiger partial charge in [0.15, 0.2) is 0 Å². The number of hydrogen-bond donors (Lipinski definition) is 2. The summed E-state index contributed by atoms with van der Waals surface area (Å²) in [5, 5.41) is 22.1. The van der Waals surface area contributed by atoms with Gasteiger partial charge in [0.2, 0.25) is 0 Å². The fourth-order valence-electron chi connectivity index (χ4n) is 3.50. The van der Waals surface area contributed by atoms with E-state index in [2.05, 4.69) is 32.6 Å². The summed E-state index contributed by atoms with van der Waals surface area (Å²) < 4.78 is 2.16. The van der Waals surface area contributed by atoms with Crippen LogP contribution in [0.15, 0.2) is 10.8 Å². The quantitative estimate of drug-likeness (QED) is 0.785. The van der Waals surface area contributed by atoms with E-state index in [1.54, 1.807) is 14.0 Å². The largest absolute Gasteiger partial charge is 0.385 e. The molecule has 1 saturated carbocycles. The summed E-state index contributed by atoms with van der Waals surface area (Å²) in [4.78, 5) is 8.57. The van der Waals surface area contributed by atoms with Gasteiger partial charge in [0.05, 0.1) is 17.5 Å². The second kappa shape index (κ2) is 8.11. The lowest BCUT2D eigenvalue weighted by Gasteiger charge is -2.30. The van der Waals surface area contributed by atoms with Crippen LogP contribution in [0.25, 0.3) is 6.08 Å². The molecule has 1 aliphatic carbocycles. The standard InChI is InChI=1S/C18H27N5O/c1-12-16(11-17(20-3)21-4)23(18(22-12)13(2)24)15-7-5-14(6-8-15)9-10-19/h11,13-15,21,24H,3,5-9H2,1-2,4H3/b17-11+/t13-,14-,15-/m1/s1. The molecule has 6 heteroatoms. The van der Waals surface area contributed by atoms with E-state index in [1.807, 2.05) is 13.0 Å². The van der Waals surface area contributed by atoms with Gasteiger partial charge in [-0.05, 0) is 52.2 Å². The van der Waals surface area contributed by atoms with Gasteiger partial charge in [-0.2, -0.15) is 5.26 Å². The van der Waals surface area contributed by atoms with E-state index in [9.17, 15) is 5.11 Å². The summed E-state index contributed by atoms with van der Waals surface area (Å²) in [6, 6.07) is 2.57. The van der Waals surface area contributed by atoms with Gasteiger partial charge in [0, 0.05) is 25.6 Å². The Labute approximate surface area is 143 Å². The molecule has 1 atom stereocenters. The zero-order valence-electron chi connectivity index (χ0n) is 14.8. The Morgan fingerprint density at radius 2 is 2.21 bits per heavy atom. The van der Waals surface area contributed by atoms with Crippen molar-refractivity contribution in [3.05, 3.63) is 23.0 Å². The predicted molar refractivity (Wildman–Crippen MR) is 95.4 cm³/mol. The molecule has 1 aromatic rings. The minimum absolute atomic E-state index is 0.292. The van der Waals surface area contributed by atoms with E-state index in [0.29, 0.717) is 30.0 Å². The summed E-state index contributed by atoms with van der Waals surface area (Å²) in [5.74, 6) is 1.86. The fourth-order valence-corrected chi connectivity index (χ4v) is 3.50. The Balaban J connectivity index is 2.39. The van der Waals surface area contributed by atoms with Crippen LogP contribution in [-0.2, 0) is 0 Å². The first-order valence-corrected chi connectivity index (χ1v) is 8.51. The van der Waals surface area contributed by atoms with Gasteiger partial charge >= 0.3 is 0 Å². The summed E-state index contributed by atoms with van der Waals surface area (Å²) in [5.41, 5.74) is 1.84. The third-order valence-electron chi connectivity index (χ3n) is 4.79. The molecule has 2 N–H and O–H groups in total. The number of imidazole rings is 1. The predicted octanol–water partition coefficient (Wildman–Crippen LogP) is 3.11. The number of nitriles is 1. The van der Waals surface area contributed by atoms with Crippen molar-refractivity contribution in [3.8, 4) is 6.07 Å². The first kappa shape index (κ1) is 18.2. The minimum atomic E-state index is -0.627. The zero-order chi connectivity index (χ0) is 17.7. The molecule has 1 aliphatic rings. The maximum Gasteiger partial charge on any atom is 0.138 e. The topological polar surface area (TPSA) is 86.2 Å². The van der Waals surface area contributed by atoms with E-state index in [-0.39, 0.29) is 0 Å². The lowest BCUT2D eigenvalue weighted by atomic mass is 9.84. The number of aliphatic hydroxyl groups is 1. The molecular weight excluding hydrogens is 302 g/mol. The van der Waals surface area contributed by atoms with Crippen molar-refractivity contribution in [3.63, 3.8) is 0 Å². The Hall–Kier alpha value is -2.13. The number of aliphatic hydroxyl groups excluding tert-OH is 1. The Morgan fingerprint density at radius 3 is 2.71 bits per heavy atom. The molecule has 0 saturated heterocycles. The normalized spacial score (nSPS) is 22.7. The van der Waals surface area contributed by atoms with Crippen molar-refractivity contribution < 1.29 is 5.11 Å². The smallest absolute Gasteiger partial charge is 0.138 e. The Kier molecular flexibility index (Phi) is 6.16. The molecule has 0 aliphatic heterocycles. The van der Waals surface area contributed by atoms with Crippen molar-refractivity contribution in [1.29, 1.82) is 5.26 Å². The average molecular weight is 329 g/mol. The van der Waals surface area contributed by atoms with Crippen LogP contribution in [0.3, 0.4) is 0 Å². The van der Waals surface area contributed by atoms with Gasteiger partial charge < -0.3 is 15.0 Å². The van der Waals surface area contributed by atoms with Crippen LogP contribution in [-0.4, -0.2) is 28.4 Å². The zero-order valence-corrected chi connectivity index (χ0v) is 14.8. The van der Waals surface area contributed by atoms with Crippen molar-refractivity contribution in [2.45, 2.75) is 58.1 Å². The molecule has 130 valence electrons. The number of rotatable bonds is 6. The van der Waals surface area contributed by atoms with Crippen LogP contribution in [0.2, 0.25) is 0 Å². The first-order chi connectivity index (χ1) is 11.5. The van der Waals surface area contributed by atoms with Crippen molar-refractivity contribution in [1.82, 2.24) is 14.9 Å². The molecule has 24 heavy (non-hydrogen) atoms. The maximum atomic E-state index is 10.2. The number of nitrogens with one attached hydrogen (secondary N) is 1. The van der Waals surface area contributed by atoms with Crippen molar-refractivity contribution >= 4 is 12.8 Å². The molecule has 2 rings (SSSR count). The molecule has 0 bridgehead atoms. The van der Waals surface area contributed by atoms with Gasteiger partial charge in [-0.15, -0.1) is 0 Å². The van der Waals surface area contributed by atoms with Crippen molar-refractivity contribution in [2.75, 3.05) is 7.05 Å². The van der Waals surface area contributed by atoms with Gasteiger partial charge in [0.25, 0.3) is 0 Å². The van der Waals surface area contributed by atoms with Crippen LogP contribution in [0.5, 0.6) is 0 Å². The molecule has 0 spiro atoms. The minimum Gasteiger partial charge on any atom is -0.385 e. The monoisotopic (exact) mass is 329 g/mol. The van der Waals surface area contributed by atoms with E-state index >= 15 is 0 Å². The van der Waals surface area contributed by atoms with E-state index < -0.39 is 6.10 Å². The van der Waals surface area contributed by atoms with E-state index in [0.717, 1.165) is 37.1 Å². The van der Waals surface area contributed by atoms with Crippen LogP contribution in [0.4, 0.5) is 0 Å². The highest BCUT2D eigenvalue weighted by Crippen LogP contribution is 2.37. The van der Waals surface area contributed by atoms with E-state index in [1.165, 1.54) is 0 Å². The lowest BCUT2D eigenvalue weighted by molar-refractivity contribution is 0.173. The summed E-state index contributed by atoms with van der Waals surface area (Å²) in [6.45, 7) is 7.28. The maximum absolute atomic E-state index is 10.2. The van der Waals surface area contributed by atoms with Gasteiger partial charge in [-0.3, -0.25) is 0 Å². The second-order valence-corrected chi connectivity index (χ2v) is 6.46. The number of hydrogen-bond acceptors (Lipinski definition) is 5. The highest BCUT2D eigenvalue weighted by atomic mass is 16.3. The van der Waals surface area contributed by atoms with Gasteiger partial charge in [0.1, 0.15) is 17.7 Å². The molecule has 0 amide bonds. The average Bonchev–Trinajstić information content (AvgIpc) is 2.90. The second-order valence-electron chi connectivity index (χ2n) is 6.46. The lowest BCUT2D eigenvalue weighted by Crippen LogP contribution is -2.21. The highest BCUT2D eigenvalue weighted by Gasteiger charge is 2.27. The third kappa shape index (κ3) is 3.85. The van der Waals surface area contributed by atoms with Gasteiger partial charge in [-0.1, -0.05) is 0 Å². The van der Waals surface area contributed by atoms with Crippen LogP contribution < -0.4 is 5.32 Å². The van der Waals surface area contributed by atoms with Crippen LogP contribution in [0, 0.1) is 24.2 Å². The Bertz CT molecular complexity index is 645. The SMILES string of the molecule is C=N/C(=C\c1c(C)nc([C@@H](C)O)n1[C@H]1CC[C@H](CC#N)CC1)NC. The molecule has 1 fully saturated rings. The first-order valence-electron chi connectivity index (χ1n) is 8.51. The Morgan fingerprint density at radius 1 is 1.54 bits per heavy atom. The highest BCUT2D eigenvalue weighted by molar-refractivity contribution is 5.53. The molecule has 0 radical (unpaired) electrons. The van der Waals surface area contributed by atoms with Crippen LogP contribution >= 0.6 is 0 Å². The van der Waals surface area contributed by atoms with Crippen LogP contribution in [0.1, 0.15) is 68.4 Å². The summed E-state index contributed by atoms with van der Waals surface area (Å²) in [7, 11) is 1.80. The molecule has 6 nitrogen and oxygen atoms in total. The fraction of sp³-hybridized carbons (Fsp3) is 0.611. The molecular formula is C18H27N5O. The number of aryl methyl sites for hydroxylation is 1. The number of nitrogens with zero attached hydrogens (tertiary/aromatic N) is 4. The number of aromatic nitrogens is 2. The summed E-state index contributed by atoms with van der Waals surface area (Å²) in [6.07, 6.45) is 6.02. The van der Waals surface area contributed by atoms with Crippen molar-refractivity contribution in [2.24, 2.45) is 10.9 Å².